The summed E-state index contributed by atoms with van der Waals surface area (Å²) in [5.74, 6) is 1.14. The van der Waals surface area contributed by atoms with Gasteiger partial charge in [0.2, 0.25) is 12.7 Å². The summed E-state index contributed by atoms with van der Waals surface area (Å²) in [7, 11) is 0. The van der Waals surface area contributed by atoms with Gasteiger partial charge in [-0.05, 0) is 48.2 Å². The van der Waals surface area contributed by atoms with Crippen LogP contribution in [0.2, 0.25) is 0 Å². The molecule has 4 rings (SSSR count). The molecule has 0 amide bonds. The van der Waals surface area contributed by atoms with Crippen molar-refractivity contribution in [1.29, 1.82) is 0 Å². The van der Waals surface area contributed by atoms with E-state index in [2.05, 4.69) is 4.99 Å². The van der Waals surface area contributed by atoms with Crippen molar-refractivity contribution in [2.75, 3.05) is 6.79 Å². The highest BCUT2D eigenvalue weighted by atomic mass is 32.1. The predicted molar refractivity (Wildman–Crippen MR) is 82.2 cm³/mol. The molecule has 0 bridgehead atoms. The molecule has 0 radical (unpaired) electrons. The van der Waals surface area contributed by atoms with Crippen LogP contribution < -0.4 is 9.47 Å². The molecule has 0 unspecified atom stereocenters. The highest BCUT2D eigenvalue weighted by molar-refractivity contribution is 7.11. The van der Waals surface area contributed by atoms with Crippen LogP contribution in [0.25, 0.3) is 6.08 Å². The van der Waals surface area contributed by atoms with Gasteiger partial charge in [-0.25, -0.2) is 9.79 Å². The first-order chi connectivity index (χ1) is 10.7. The molecule has 0 saturated carbocycles. The third-order valence-corrected chi connectivity index (χ3v) is 4.38. The van der Waals surface area contributed by atoms with E-state index in [9.17, 15) is 4.79 Å². The van der Waals surface area contributed by atoms with Crippen molar-refractivity contribution in [3.8, 4) is 11.5 Å². The Bertz CT molecular complexity index is 834. The van der Waals surface area contributed by atoms with Gasteiger partial charge < -0.3 is 14.2 Å². The number of thiophene rings is 1. The molecule has 0 N–H and O–H groups in total. The Hall–Kier alpha value is -2.60. The highest BCUT2D eigenvalue weighted by Crippen LogP contribution is 2.33. The zero-order valence-corrected chi connectivity index (χ0v) is 12.5. The van der Waals surface area contributed by atoms with Crippen LogP contribution in [-0.4, -0.2) is 18.7 Å². The first-order valence-electron chi connectivity index (χ1n) is 6.67. The number of aliphatic imine (C=N–C) groups is 1. The lowest BCUT2D eigenvalue weighted by atomic mass is 10.2. The third-order valence-electron chi connectivity index (χ3n) is 3.41. The Labute approximate surface area is 130 Å². The number of nitrogens with zero attached hydrogens (tertiary/aromatic N) is 1. The van der Waals surface area contributed by atoms with E-state index in [0.29, 0.717) is 22.8 Å². The summed E-state index contributed by atoms with van der Waals surface area (Å²) in [5, 5.41) is 1.98. The summed E-state index contributed by atoms with van der Waals surface area (Å²) in [6.07, 6.45) is 1.75. The molecule has 22 heavy (non-hydrogen) atoms. The van der Waals surface area contributed by atoms with Crippen LogP contribution in [0.5, 0.6) is 11.5 Å². The molecular formula is C16H11NO4S. The second-order valence-corrected chi connectivity index (χ2v) is 5.82. The van der Waals surface area contributed by atoms with E-state index in [1.165, 1.54) is 0 Å². The van der Waals surface area contributed by atoms with Crippen LogP contribution in [0.4, 0.5) is 0 Å². The molecule has 2 aliphatic heterocycles. The minimum atomic E-state index is -0.444. The predicted octanol–water partition coefficient (Wildman–Crippen LogP) is 3.13. The first-order valence-corrected chi connectivity index (χ1v) is 7.55. The summed E-state index contributed by atoms with van der Waals surface area (Å²) >= 11 is 1.56. The number of carbonyl (C=O) groups is 1. The smallest absolute Gasteiger partial charge is 0.363 e. The molecule has 0 aliphatic carbocycles. The lowest BCUT2D eigenvalue weighted by molar-refractivity contribution is -0.129. The fraction of sp³-hybridized carbons (Fsp3) is 0.125. The number of aryl methyl sites for hydroxylation is 1. The molecule has 0 saturated heterocycles. The van der Waals surface area contributed by atoms with Crippen LogP contribution in [0, 0.1) is 6.92 Å². The lowest BCUT2D eigenvalue weighted by Gasteiger charge is -2.01. The number of hydrogen-bond donors (Lipinski definition) is 0. The standard InChI is InChI=1S/C16H11NO4S/c1-9-4-5-22-14(9)7-11-16(18)21-15(17-11)10-2-3-12-13(6-10)20-8-19-12/h2-7H,8H2,1H3/b11-7-. The molecule has 6 heteroatoms. The number of benzene rings is 1. The quantitative estimate of drug-likeness (QED) is 0.631. The molecule has 1 aromatic carbocycles. The van der Waals surface area contributed by atoms with Crippen LogP contribution >= 0.6 is 11.3 Å². The summed E-state index contributed by atoms with van der Waals surface area (Å²) in [6.45, 7) is 2.19. The maximum Gasteiger partial charge on any atom is 0.363 e. The van der Waals surface area contributed by atoms with Gasteiger partial charge >= 0.3 is 5.97 Å². The highest BCUT2D eigenvalue weighted by Gasteiger charge is 2.26. The van der Waals surface area contributed by atoms with Crippen LogP contribution in [-0.2, 0) is 9.53 Å². The maximum absolute atomic E-state index is 12.0. The molecule has 5 nitrogen and oxygen atoms in total. The van der Waals surface area contributed by atoms with Gasteiger partial charge in [-0.3, -0.25) is 0 Å². The molecule has 1 aromatic heterocycles. The minimum Gasteiger partial charge on any atom is -0.454 e. The SMILES string of the molecule is Cc1ccsc1/C=C1\N=C(c2ccc3c(c2)OCO3)OC1=O. The maximum atomic E-state index is 12.0. The van der Waals surface area contributed by atoms with E-state index in [0.717, 1.165) is 10.4 Å². The van der Waals surface area contributed by atoms with Gasteiger partial charge in [-0.15, -0.1) is 11.3 Å². The Morgan fingerprint density at radius 2 is 2.09 bits per heavy atom. The summed E-state index contributed by atoms with van der Waals surface area (Å²) < 4.78 is 15.8. The van der Waals surface area contributed by atoms with Gasteiger partial charge in [0, 0.05) is 10.4 Å². The van der Waals surface area contributed by atoms with E-state index >= 15 is 0 Å². The van der Waals surface area contributed by atoms with Crippen molar-refractivity contribution >= 4 is 29.3 Å². The number of hydrogen-bond acceptors (Lipinski definition) is 6. The molecule has 110 valence electrons. The number of cyclic esters (lactones) is 1. The Morgan fingerprint density at radius 1 is 1.23 bits per heavy atom. The normalized spacial score (nSPS) is 17.8. The summed E-state index contributed by atoms with van der Waals surface area (Å²) in [6, 6.07) is 7.33. The second kappa shape index (κ2) is 4.99. The van der Waals surface area contributed by atoms with Crippen LogP contribution in [0.15, 0.2) is 40.3 Å². The molecule has 0 atom stereocenters. The van der Waals surface area contributed by atoms with Gasteiger partial charge in [0.25, 0.3) is 0 Å². The number of ether oxygens (including phenoxy) is 3. The first kappa shape index (κ1) is 13.1. The zero-order valence-electron chi connectivity index (χ0n) is 11.7. The molecule has 2 aliphatic rings. The lowest BCUT2D eigenvalue weighted by Crippen LogP contribution is -2.05. The third kappa shape index (κ3) is 2.17. The van der Waals surface area contributed by atoms with E-state index in [1.807, 2.05) is 18.4 Å². The van der Waals surface area contributed by atoms with Gasteiger partial charge in [-0.2, -0.15) is 0 Å². The summed E-state index contributed by atoms with van der Waals surface area (Å²) in [5.41, 5.74) is 2.10. The molecule has 0 fully saturated rings. The van der Waals surface area contributed by atoms with E-state index in [4.69, 9.17) is 14.2 Å². The van der Waals surface area contributed by atoms with Crippen molar-refractivity contribution < 1.29 is 19.0 Å². The van der Waals surface area contributed by atoms with E-state index in [1.54, 1.807) is 35.6 Å². The van der Waals surface area contributed by atoms with E-state index in [-0.39, 0.29) is 12.7 Å². The summed E-state index contributed by atoms with van der Waals surface area (Å²) in [4.78, 5) is 17.3. The number of rotatable bonds is 2. The Balaban J connectivity index is 1.69. The Morgan fingerprint density at radius 3 is 2.91 bits per heavy atom. The van der Waals surface area contributed by atoms with Crippen molar-refractivity contribution in [3.63, 3.8) is 0 Å². The Kier molecular flexibility index (Phi) is 2.97. The average Bonchev–Trinajstić information content (AvgIpc) is 3.21. The van der Waals surface area contributed by atoms with Gasteiger partial charge in [0.1, 0.15) is 0 Å². The second-order valence-electron chi connectivity index (χ2n) is 4.87. The van der Waals surface area contributed by atoms with Crippen molar-refractivity contribution in [1.82, 2.24) is 0 Å². The van der Waals surface area contributed by atoms with Gasteiger partial charge in [-0.1, -0.05) is 0 Å². The van der Waals surface area contributed by atoms with Crippen LogP contribution in [0.3, 0.4) is 0 Å². The van der Waals surface area contributed by atoms with Gasteiger partial charge in [0.15, 0.2) is 17.2 Å². The number of carbonyl (C=O) groups excluding carboxylic acids is 1. The monoisotopic (exact) mass is 313 g/mol. The molecule has 3 heterocycles. The molecular weight excluding hydrogens is 302 g/mol. The van der Waals surface area contributed by atoms with E-state index < -0.39 is 5.97 Å². The number of esters is 1. The van der Waals surface area contributed by atoms with Crippen LogP contribution in [0.1, 0.15) is 16.0 Å². The molecule has 2 aromatic rings. The largest absolute Gasteiger partial charge is 0.454 e. The van der Waals surface area contributed by atoms with Crippen molar-refractivity contribution in [2.45, 2.75) is 6.92 Å². The number of fused-ring (bicyclic) bond motifs is 1. The average molecular weight is 313 g/mol. The topological polar surface area (TPSA) is 57.1 Å². The van der Waals surface area contributed by atoms with Crippen molar-refractivity contribution in [2.24, 2.45) is 4.99 Å². The minimum absolute atomic E-state index is 0.202. The molecule has 0 spiro atoms. The fourth-order valence-electron chi connectivity index (χ4n) is 2.22. The zero-order chi connectivity index (χ0) is 15.1. The van der Waals surface area contributed by atoms with Crippen molar-refractivity contribution in [3.05, 3.63) is 51.3 Å². The van der Waals surface area contributed by atoms with Gasteiger partial charge in [0.05, 0.1) is 0 Å². The fourth-order valence-corrected chi connectivity index (χ4v) is 3.07.